The van der Waals surface area contributed by atoms with Gasteiger partial charge in [-0.2, -0.15) is 0 Å². The van der Waals surface area contributed by atoms with E-state index in [1.807, 2.05) is 0 Å². The standard InChI is InChI=1S/C12H14F3N/c13-11-3-1-2-9(7-11)6-10-8-16-5-4-12(10,14)15/h1-3,7,10,16H,4-6,8H2. The van der Waals surface area contributed by atoms with Crippen LogP contribution in [0.1, 0.15) is 12.0 Å². The maximum atomic E-state index is 13.5. The third-order valence-electron chi connectivity index (χ3n) is 2.99. The van der Waals surface area contributed by atoms with Gasteiger partial charge in [0.2, 0.25) is 0 Å². The van der Waals surface area contributed by atoms with Crippen LogP contribution in [-0.4, -0.2) is 19.0 Å². The minimum Gasteiger partial charge on any atom is -0.316 e. The number of benzene rings is 1. The molecular weight excluding hydrogens is 215 g/mol. The lowest BCUT2D eigenvalue weighted by Crippen LogP contribution is -2.45. The summed E-state index contributed by atoms with van der Waals surface area (Å²) >= 11 is 0. The van der Waals surface area contributed by atoms with E-state index in [1.54, 1.807) is 12.1 Å². The Morgan fingerprint density at radius 3 is 2.88 bits per heavy atom. The first-order chi connectivity index (χ1) is 7.58. The first-order valence-electron chi connectivity index (χ1n) is 5.41. The Bertz CT molecular complexity index is 365. The number of halogens is 3. The van der Waals surface area contributed by atoms with Gasteiger partial charge in [0, 0.05) is 25.4 Å². The summed E-state index contributed by atoms with van der Waals surface area (Å²) in [6.45, 7) is 0.649. The van der Waals surface area contributed by atoms with Crippen LogP contribution in [0.2, 0.25) is 0 Å². The third kappa shape index (κ3) is 2.55. The first-order valence-corrected chi connectivity index (χ1v) is 5.41. The Morgan fingerprint density at radius 1 is 1.38 bits per heavy atom. The van der Waals surface area contributed by atoms with Crippen molar-refractivity contribution < 1.29 is 13.2 Å². The summed E-state index contributed by atoms with van der Waals surface area (Å²) in [5.41, 5.74) is 0.633. The molecule has 1 aliphatic rings. The summed E-state index contributed by atoms with van der Waals surface area (Å²) < 4.78 is 40.0. The SMILES string of the molecule is Fc1cccc(CC2CNCCC2(F)F)c1. The lowest BCUT2D eigenvalue weighted by Gasteiger charge is -2.31. The molecular formula is C12H14F3N. The van der Waals surface area contributed by atoms with Crippen LogP contribution in [-0.2, 0) is 6.42 Å². The van der Waals surface area contributed by atoms with Gasteiger partial charge in [-0.25, -0.2) is 13.2 Å². The largest absolute Gasteiger partial charge is 0.316 e. The number of alkyl halides is 2. The van der Waals surface area contributed by atoms with E-state index in [-0.39, 0.29) is 18.7 Å². The minimum atomic E-state index is -2.64. The molecule has 0 aromatic heterocycles. The van der Waals surface area contributed by atoms with E-state index in [0.29, 0.717) is 18.7 Å². The predicted molar refractivity (Wildman–Crippen MR) is 56.0 cm³/mol. The van der Waals surface area contributed by atoms with Crippen LogP contribution in [0.3, 0.4) is 0 Å². The lowest BCUT2D eigenvalue weighted by molar-refractivity contribution is -0.0776. The van der Waals surface area contributed by atoms with Crippen molar-refractivity contribution >= 4 is 0 Å². The highest BCUT2D eigenvalue weighted by molar-refractivity contribution is 5.17. The quantitative estimate of drug-likeness (QED) is 0.822. The van der Waals surface area contributed by atoms with Crippen LogP contribution in [0, 0.1) is 11.7 Å². The van der Waals surface area contributed by atoms with Gasteiger partial charge in [-0.15, -0.1) is 0 Å². The van der Waals surface area contributed by atoms with Gasteiger partial charge in [-0.05, 0) is 24.1 Å². The Hall–Kier alpha value is -1.03. The van der Waals surface area contributed by atoms with Gasteiger partial charge in [0.15, 0.2) is 0 Å². The number of hydrogen-bond donors (Lipinski definition) is 1. The van der Waals surface area contributed by atoms with Crippen molar-refractivity contribution in [2.75, 3.05) is 13.1 Å². The molecule has 0 saturated carbocycles. The molecule has 1 atom stereocenters. The summed E-state index contributed by atoms with van der Waals surface area (Å²) in [6.07, 6.45) is 0.0880. The van der Waals surface area contributed by atoms with Crippen molar-refractivity contribution in [1.82, 2.24) is 5.32 Å². The second kappa shape index (κ2) is 4.45. The monoisotopic (exact) mass is 229 g/mol. The van der Waals surface area contributed by atoms with Crippen LogP contribution in [0.5, 0.6) is 0 Å². The molecule has 1 saturated heterocycles. The van der Waals surface area contributed by atoms with Crippen molar-refractivity contribution in [3.63, 3.8) is 0 Å². The Labute approximate surface area is 92.7 Å². The average Bonchev–Trinajstić information content (AvgIpc) is 2.21. The van der Waals surface area contributed by atoms with Crippen molar-refractivity contribution in [3.8, 4) is 0 Å². The molecule has 1 fully saturated rings. The van der Waals surface area contributed by atoms with E-state index >= 15 is 0 Å². The van der Waals surface area contributed by atoms with Gasteiger partial charge >= 0.3 is 0 Å². The van der Waals surface area contributed by atoms with Crippen LogP contribution >= 0.6 is 0 Å². The Morgan fingerprint density at radius 2 is 2.19 bits per heavy atom. The molecule has 0 radical (unpaired) electrons. The molecule has 0 spiro atoms. The molecule has 88 valence electrons. The minimum absolute atomic E-state index is 0.132. The highest BCUT2D eigenvalue weighted by Crippen LogP contribution is 2.32. The van der Waals surface area contributed by atoms with Crippen LogP contribution in [0.4, 0.5) is 13.2 Å². The van der Waals surface area contributed by atoms with Crippen molar-refractivity contribution in [1.29, 1.82) is 0 Å². The topological polar surface area (TPSA) is 12.0 Å². The zero-order valence-electron chi connectivity index (χ0n) is 8.85. The molecule has 1 unspecified atom stereocenters. The summed E-state index contributed by atoms with van der Waals surface area (Å²) in [7, 11) is 0. The maximum Gasteiger partial charge on any atom is 0.253 e. The van der Waals surface area contributed by atoms with Gasteiger partial charge < -0.3 is 5.32 Å². The molecule has 0 aliphatic carbocycles. The van der Waals surface area contributed by atoms with Crippen molar-refractivity contribution in [2.24, 2.45) is 5.92 Å². The summed E-state index contributed by atoms with van der Waals surface area (Å²) in [4.78, 5) is 0. The molecule has 1 nitrogen and oxygen atoms in total. The number of hydrogen-bond acceptors (Lipinski definition) is 1. The van der Waals surface area contributed by atoms with Crippen molar-refractivity contribution in [3.05, 3.63) is 35.6 Å². The average molecular weight is 229 g/mol. The highest BCUT2D eigenvalue weighted by atomic mass is 19.3. The first kappa shape index (κ1) is 11.5. The molecule has 1 aliphatic heterocycles. The lowest BCUT2D eigenvalue weighted by atomic mass is 9.89. The van der Waals surface area contributed by atoms with Crippen LogP contribution in [0.15, 0.2) is 24.3 Å². The van der Waals surface area contributed by atoms with Crippen LogP contribution < -0.4 is 5.32 Å². The summed E-state index contributed by atoms with van der Waals surface area (Å²) in [6, 6.07) is 5.89. The fourth-order valence-electron chi connectivity index (χ4n) is 2.05. The normalized spacial score (nSPS) is 24.3. The van der Waals surface area contributed by atoms with Gasteiger partial charge in [0.05, 0.1) is 0 Å². The van der Waals surface area contributed by atoms with E-state index in [0.717, 1.165) is 0 Å². The van der Waals surface area contributed by atoms with E-state index in [2.05, 4.69) is 5.32 Å². The highest BCUT2D eigenvalue weighted by Gasteiger charge is 2.41. The Balaban J connectivity index is 2.08. The maximum absolute atomic E-state index is 13.5. The van der Waals surface area contributed by atoms with Gasteiger partial charge in [-0.3, -0.25) is 0 Å². The fraction of sp³-hybridized carbons (Fsp3) is 0.500. The van der Waals surface area contributed by atoms with Crippen molar-refractivity contribution in [2.45, 2.75) is 18.8 Å². The van der Waals surface area contributed by atoms with E-state index in [4.69, 9.17) is 0 Å². The van der Waals surface area contributed by atoms with Gasteiger partial charge in [0.1, 0.15) is 5.82 Å². The van der Waals surface area contributed by atoms with Gasteiger partial charge in [-0.1, -0.05) is 12.1 Å². The van der Waals surface area contributed by atoms with E-state index in [1.165, 1.54) is 12.1 Å². The second-order valence-corrected chi connectivity index (χ2v) is 4.25. The number of rotatable bonds is 2. The molecule has 0 bridgehead atoms. The molecule has 1 heterocycles. The van der Waals surface area contributed by atoms with E-state index in [9.17, 15) is 13.2 Å². The smallest absolute Gasteiger partial charge is 0.253 e. The third-order valence-corrected chi connectivity index (χ3v) is 2.99. The Kier molecular flexibility index (Phi) is 3.19. The predicted octanol–water partition coefficient (Wildman–Crippen LogP) is 2.61. The van der Waals surface area contributed by atoms with Crippen LogP contribution in [0.25, 0.3) is 0 Å². The molecule has 1 N–H and O–H groups in total. The zero-order chi connectivity index (χ0) is 11.6. The molecule has 16 heavy (non-hydrogen) atoms. The number of nitrogens with one attached hydrogen (secondary N) is 1. The molecule has 1 aromatic rings. The molecule has 0 amide bonds. The molecule has 2 rings (SSSR count). The summed E-state index contributed by atoms with van der Waals surface area (Å²) in [5, 5.41) is 2.95. The molecule has 1 aromatic carbocycles. The number of piperidine rings is 1. The van der Waals surface area contributed by atoms with E-state index < -0.39 is 11.8 Å². The fourth-order valence-corrected chi connectivity index (χ4v) is 2.05. The zero-order valence-corrected chi connectivity index (χ0v) is 8.85. The molecule has 4 heteroatoms. The second-order valence-electron chi connectivity index (χ2n) is 4.25. The summed E-state index contributed by atoms with van der Waals surface area (Å²) in [5.74, 6) is -3.75. The van der Waals surface area contributed by atoms with Gasteiger partial charge in [0.25, 0.3) is 5.92 Å².